The monoisotopic (exact) mass is 134 g/mol. The van der Waals surface area contributed by atoms with Crippen molar-refractivity contribution in [2.24, 2.45) is 22.7 Å². The molecule has 0 heterocycles. The first-order chi connectivity index (χ1) is 4.78. The zero-order chi connectivity index (χ0) is 6.98. The minimum absolute atomic E-state index is 0.672. The lowest BCUT2D eigenvalue weighted by molar-refractivity contribution is 0.260. The van der Waals surface area contributed by atoms with Gasteiger partial charge in [0, 0.05) is 5.41 Å². The lowest BCUT2D eigenvalue weighted by Crippen LogP contribution is -2.17. The molecule has 0 aliphatic heterocycles. The van der Waals surface area contributed by atoms with E-state index in [4.69, 9.17) is 0 Å². The van der Waals surface area contributed by atoms with Crippen LogP contribution in [0.2, 0.25) is 0 Å². The Kier molecular flexibility index (Phi) is 0.598. The first kappa shape index (κ1) is 5.40. The molecule has 0 aromatic heterocycles. The topological polar surface area (TPSA) is 0 Å². The van der Waals surface area contributed by atoms with E-state index in [1.807, 2.05) is 0 Å². The average Bonchev–Trinajstić information content (AvgIpc) is 2.75. The molecule has 0 spiro atoms. The van der Waals surface area contributed by atoms with Gasteiger partial charge in [0.15, 0.2) is 0 Å². The van der Waals surface area contributed by atoms with Crippen LogP contribution in [0.3, 0.4) is 0 Å². The van der Waals surface area contributed by atoms with E-state index in [9.17, 15) is 0 Å². The minimum Gasteiger partial charge on any atom is -0.102 e. The predicted octanol–water partition coefficient (Wildman–Crippen LogP) is 2.61. The number of rotatable bonds is 1. The van der Waals surface area contributed by atoms with Gasteiger partial charge in [-0.2, -0.15) is 0 Å². The summed E-state index contributed by atoms with van der Waals surface area (Å²) < 4.78 is 0. The van der Waals surface area contributed by atoms with Crippen LogP contribution in [0, 0.1) is 22.7 Å². The molecular formula is C10H14. The van der Waals surface area contributed by atoms with Crippen LogP contribution in [-0.4, -0.2) is 0 Å². The first-order valence-corrected chi connectivity index (χ1v) is 4.42. The lowest BCUT2D eigenvalue weighted by Gasteiger charge is -2.25. The van der Waals surface area contributed by atoms with Gasteiger partial charge in [0.05, 0.1) is 0 Å². The summed E-state index contributed by atoms with van der Waals surface area (Å²) in [5.41, 5.74) is 1.43. The van der Waals surface area contributed by atoms with Gasteiger partial charge in [-0.25, -0.2) is 0 Å². The summed E-state index contributed by atoms with van der Waals surface area (Å²) in [4.78, 5) is 0. The third kappa shape index (κ3) is 0.247. The molecule has 0 bridgehead atoms. The summed E-state index contributed by atoms with van der Waals surface area (Å²) in [6.07, 6.45) is 6.71. The second kappa shape index (κ2) is 1.11. The van der Waals surface area contributed by atoms with Crippen LogP contribution >= 0.6 is 0 Å². The summed E-state index contributed by atoms with van der Waals surface area (Å²) in [5, 5.41) is 0. The molecule has 0 nitrogen and oxygen atoms in total. The van der Waals surface area contributed by atoms with E-state index >= 15 is 0 Å². The zero-order valence-electron chi connectivity index (χ0n) is 6.56. The van der Waals surface area contributed by atoms with Crippen molar-refractivity contribution in [3.8, 4) is 0 Å². The van der Waals surface area contributed by atoms with Gasteiger partial charge in [0.1, 0.15) is 0 Å². The SMILES string of the molecule is C=CC12[C@@H]3CCC[C@H]1C32C. The largest absolute Gasteiger partial charge is 0.102 e. The summed E-state index contributed by atoms with van der Waals surface area (Å²) >= 11 is 0. The maximum atomic E-state index is 3.96. The minimum atomic E-state index is 0.672. The van der Waals surface area contributed by atoms with Crippen molar-refractivity contribution >= 4 is 0 Å². The van der Waals surface area contributed by atoms with Crippen LogP contribution in [0.25, 0.3) is 0 Å². The maximum Gasteiger partial charge on any atom is 0.000645 e. The van der Waals surface area contributed by atoms with Crippen molar-refractivity contribution in [3.63, 3.8) is 0 Å². The van der Waals surface area contributed by atoms with E-state index in [2.05, 4.69) is 19.6 Å². The molecule has 3 aliphatic carbocycles. The summed E-state index contributed by atoms with van der Waals surface area (Å²) in [7, 11) is 0. The molecule has 3 fully saturated rings. The summed E-state index contributed by atoms with van der Waals surface area (Å²) in [5.74, 6) is 2.10. The van der Waals surface area contributed by atoms with Crippen molar-refractivity contribution in [3.05, 3.63) is 12.7 Å². The molecular weight excluding hydrogens is 120 g/mol. The average molecular weight is 134 g/mol. The molecule has 10 heavy (non-hydrogen) atoms. The first-order valence-electron chi connectivity index (χ1n) is 4.42. The fourth-order valence-corrected chi connectivity index (χ4v) is 4.09. The van der Waals surface area contributed by atoms with E-state index in [1.165, 1.54) is 19.3 Å². The Bertz CT molecular complexity index is 202. The molecule has 0 radical (unpaired) electrons. The Morgan fingerprint density at radius 2 is 2.00 bits per heavy atom. The molecule has 4 atom stereocenters. The van der Waals surface area contributed by atoms with Crippen molar-refractivity contribution in [1.82, 2.24) is 0 Å². The second-order valence-corrected chi connectivity index (χ2v) is 4.46. The van der Waals surface area contributed by atoms with Gasteiger partial charge in [-0.15, -0.1) is 6.58 Å². The normalized spacial score (nSPS) is 68.5. The molecule has 0 amide bonds. The van der Waals surface area contributed by atoms with Crippen molar-refractivity contribution in [1.29, 1.82) is 0 Å². The highest BCUT2D eigenvalue weighted by molar-refractivity contribution is 5.46. The van der Waals surface area contributed by atoms with Crippen molar-refractivity contribution in [2.75, 3.05) is 0 Å². The smallest absolute Gasteiger partial charge is 0.000645 e. The van der Waals surface area contributed by atoms with Gasteiger partial charge >= 0.3 is 0 Å². The molecule has 54 valence electrons. The van der Waals surface area contributed by atoms with Gasteiger partial charge in [-0.05, 0) is 30.1 Å². The van der Waals surface area contributed by atoms with Gasteiger partial charge in [-0.1, -0.05) is 19.4 Å². The van der Waals surface area contributed by atoms with Gasteiger partial charge in [-0.3, -0.25) is 0 Å². The Morgan fingerprint density at radius 1 is 1.40 bits per heavy atom. The summed E-state index contributed by atoms with van der Waals surface area (Å²) in [6, 6.07) is 0. The van der Waals surface area contributed by atoms with E-state index in [0.717, 1.165) is 17.3 Å². The standard InChI is InChI=1S/C10H14/c1-3-10-7-5-4-6-8(10)9(7,10)2/h3,7-8H,1,4-6H2,2H3/t7-,8+,9?,10?. The highest BCUT2D eigenvalue weighted by Gasteiger charge is 2.93. The quantitative estimate of drug-likeness (QED) is 0.483. The highest BCUT2D eigenvalue weighted by atomic mass is 15.0. The third-order valence-corrected chi connectivity index (χ3v) is 4.69. The molecule has 3 rings (SSSR count). The molecule has 0 aromatic rings. The number of fused-ring (bicyclic) bond motifs is 2. The number of hydrogen-bond donors (Lipinski definition) is 0. The molecule has 2 unspecified atom stereocenters. The molecule has 0 saturated heterocycles. The Balaban J connectivity index is 2.02. The van der Waals surface area contributed by atoms with E-state index < -0.39 is 0 Å². The van der Waals surface area contributed by atoms with Crippen LogP contribution in [0.5, 0.6) is 0 Å². The van der Waals surface area contributed by atoms with Crippen LogP contribution in [0.15, 0.2) is 12.7 Å². The lowest BCUT2D eigenvalue weighted by atomic mass is 9.79. The van der Waals surface area contributed by atoms with E-state index in [1.54, 1.807) is 0 Å². The molecule has 0 heteroatoms. The highest BCUT2D eigenvalue weighted by Crippen LogP contribution is 2.97. The molecule has 3 aliphatic rings. The van der Waals surface area contributed by atoms with Crippen LogP contribution < -0.4 is 0 Å². The third-order valence-electron chi connectivity index (χ3n) is 4.69. The molecule has 0 aromatic carbocycles. The van der Waals surface area contributed by atoms with Gasteiger partial charge < -0.3 is 0 Å². The fraction of sp³-hybridized carbons (Fsp3) is 0.800. The Morgan fingerprint density at radius 3 is 2.30 bits per heavy atom. The van der Waals surface area contributed by atoms with E-state index in [-0.39, 0.29) is 0 Å². The Labute approximate surface area is 62.3 Å². The number of allylic oxidation sites excluding steroid dienone is 1. The van der Waals surface area contributed by atoms with Crippen LogP contribution in [-0.2, 0) is 0 Å². The molecule has 3 saturated carbocycles. The van der Waals surface area contributed by atoms with Crippen molar-refractivity contribution < 1.29 is 0 Å². The van der Waals surface area contributed by atoms with Gasteiger partial charge in [0.25, 0.3) is 0 Å². The Hall–Kier alpha value is -0.260. The second-order valence-electron chi connectivity index (χ2n) is 4.46. The fourth-order valence-electron chi connectivity index (χ4n) is 4.09. The zero-order valence-corrected chi connectivity index (χ0v) is 6.56. The van der Waals surface area contributed by atoms with Crippen molar-refractivity contribution in [2.45, 2.75) is 26.2 Å². The van der Waals surface area contributed by atoms with Crippen LogP contribution in [0.1, 0.15) is 26.2 Å². The maximum absolute atomic E-state index is 3.96. The van der Waals surface area contributed by atoms with E-state index in [0.29, 0.717) is 5.41 Å². The molecule has 0 N–H and O–H groups in total. The van der Waals surface area contributed by atoms with Crippen LogP contribution in [0.4, 0.5) is 0 Å². The van der Waals surface area contributed by atoms with Gasteiger partial charge in [0.2, 0.25) is 0 Å². The predicted molar refractivity (Wildman–Crippen MR) is 41.6 cm³/mol. The summed E-state index contributed by atoms with van der Waals surface area (Å²) in [6.45, 7) is 6.43. The number of hydrogen-bond acceptors (Lipinski definition) is 0.